The summed E-state index contributed by atoms with van der Waals surface area (Å²) in [5.74, 6) is -0.549. The van der Waals surface area contributed by atoms with Crippen molar-refractivity contribution in [3.8, 4) is 0 Å². The molecule has 1 atom stereocenters. The van der Waals surface area contributed by atoms with Crippen molar-refractivity contribution in [3.63, 3.8) is 0 Å². The molecular weight excluding hydrogens is 379 g/mol. The SMILES string of the molecule is O=C1CN(C(=O)C2(c3ccccc3F)CC2)CC2c3cc(Cl)ccc3CCN12. The fourth-order valence-corrected chi connectivity index (χ4v) is 4.90. The quantitative estimate of drug-likeness (QED) is 0.777. The molecule has 144 valence electrons. The summed E-state index contributed by atoms with van der Waals surface area (Å²) in [6, 6.07) is 12.0. The number of fused-ring (bicyclic) bond motifs is 3. The van der Waals surface area contributed by atoms with E-state index in [0.717, 1.165) is 12.0 Å². The van der Waals surface area contributed by atoms with Gasteiger partial charge in [-0.3, -0.25) is 9.59 Å². The summed E-state index contributed by atoms with van der Waals surface area (Å²) in [5, 5.41) is 0.626. The first kappa shape index (κ1) is 17.7. The van der Waals surface area contributed by atoms with Crippen molar-refractivity contribution in [1.82, 2.24) is 9.80 Å². The average molecular weight is 399 g/mol. The van der Waals surface area contributed by atoms with E-state index in [4.69, 9.17) is 11.6 Å². The van der Waals surface area contributed by atoms with E-state index in [2.05, 4.69) is 0 Å². The summed E-state index contributed by atoms with van der Waals surface area (Å²) in [7, 11) is 0. The third-order valence-corrected chi connectivity index (χ3v) is 6.58. The lowest BCUT2D eigenvalue weighted by atomic mass is 9.89. The molecule has 0 N–H and O–H groups in total. The first-order valence-electron chi connectivity index (χ1n) is 9.62. The Morgan fingerprint density at radius 1 is 1.18 bits per heavy atom. The molecule has 1 aliphatic carbocycles. The minimum Gasteiger partial charge on any atom is -0.332 e. The number of rotatable bonds is 2. The van der Waals surface area contributed by atoms with Crippen LogP contribution in [0.15, 0.2) is 42.5 Å². The van der Waals surface area contributed by atoms with Gasteiger partial charge >= 0.3 is 0 Å². The van der Waals surface area contributed by atoms with Crippen LogP contribution in [0.2, 0.25) is 5.02 Å². The highest BCUT2D eigenvalue weighted by molar-refractivity contribution is 6.30. The Hall–Kier alpha value is -2.40. The summed E-state index contributed by atoms with van der Waals surface area (Å²) in [4.78, 5) is 29.7. The number of nitrogens with zero attached hydrogens (tertiary/aromatic N) is 2. The molecule has 0 spiro atoms. The van der Waals surface area contributed by atoms with Gasteiger partial charge in [-0.05, 0) is 48.6 Å². The first-order valence-corrected chi connectivity index (χ1v) is 9.99. The predicted octanol–water partition coefficient (Wildman–Crippen LogP) is 3.48. The van der Waals surface area contributed by atoms with Gasteiger partial charge in [-0.1, -0.05) is 35.9 Å². The minimum atomic E-state index is -0.820. The number of carbonyl (C=O) groups excluding carboxylic acids is 2. The zero-order valence-corrected chi connectivity index (χ0v) is 16.1. The topological polar surface area (TPSA) is 40.6 Å². The van der Waals surface area contributed by atoms with Crippen molar-refractivity contribution < 1.29 is 14.0 Å². The Balaban J connectivity index is 1.47. The largest absolute Gasteiger partial charge is 0.332 e. The molecule has 2 fully saturated rings. The monoisotopic (exact) mass is 398 g/mol. The Morgan fingerprint density at radius 3 is 2.71 bits per heavy atom. The molecule has 0 aromatic heterocycles. The second-order valence-electron chi connectivity index (χ2n) is 7.94. The van der Waals surface area contributed by atoms with Gasteiger partial charge in [-0.25, -0.2) is 4.39 Å². The second-order valence-corrected chi connectivity index (χ2v) is 8.38. The van der Waals surface area contributed by atoms with Crippen molar-refractivity contribution in [3.05, 3.63) is 70.0 Å². The molecule has 3 aliphatic rings. The second kappa shape index (κ2) is 6.31. The number of amides is 2. The third kappa shape index (κ3) is 2.64. The van der Waals surface area contributed by atoms with Crippen molar-refractivity contribution in [2.45, 2.75) is 30.7 Å². The Kier molecular flexibility index (Phi) is 3.98. The maximum atomic E-state index is 14.4. The van der Waals surface area contributed by atoms with E-state index < -0.39 is 5.41 Å². The minimum absolute atomic E-state index is 0.0560. The number of hydrogen-bond donors (Lipinski definition) is 0. The van der Waals surface area contributed by atoms with E-state index in [-0.39, 0.29) is 30.2 Å². The van der Waals surface area contributed by atoms with Gasteiger partial charge in [-0.15, -0.1) is 0 Å². The van der Waals surface area contributed by atoms with E-state index in [1.54, 1.807) is 23.1 Å². The van der Waals surface area contributed by atoms with Gasteiger partial charge in [-0.2, -0.15) is 0 Å². The number of piperazine rings is 1. The van der Waals surface area contributed by atoms with Crippen LogP contribution in [0, 0.1) is 5.82 Å². The maximum Gasteiger partial charge on any atom is 0.242 e. The molecule has 6 heteroatoms. The fourth-order valence-electron chi connectivity index (χ4n) is 4.72. The molecule has 5 rings (SSSR count). The normalized spacial score (nSPS) is 22.5. The highest BCUT2D eigenvalue weighted by atomic mass is 35.5. The van der Waals surface area contributed by atoms with E-state index >= 15 is 0 Å². The van der Waals surface area contributed by atoms with Crippen LogP contribution in [0.25, 0.3) is 0 Å². The molecule has 1 unspecified atom stereocenters. The van der Waals surface area contributed by atoms with Crippen molar-refractivity contribution in [2.75, 3.05) is 19.6 Å². The summed E-state index contributed by atoms with van der Waals surface area (Å²) in [6.45, 7) is 1.13. The van der Waals surface area contributed by atoms with Crippen LogP contribution in [0.1, 0.15) is 35.6 Å². The van der Waals surface area contributed by atoms with Gasteiger partial charge in [0.25, 0.3) is 0 Å². The number of hydrogen-bond acceptors (Lipinski definition) is 2. The standard InChI is InChI=1S/C22H20ClFN2O2/c23-15-6-5-14-7-10-26-19(16(14)11-15)12-25(13-20(26)27)21(28)22(8-9-22)17-3-1-2-4-18(17)24/h1-6,11,19H,7-10,12-13H2. The van der Waals surface area contributed by atoms with Crippen LogP contribution in [-0.2, 0) is 21.4 Å². The summed E-state index contributed by atoms with van der Waals surface area (Å²) in [6.07, 6.45) is 2.03. The number of carbonyl (C=O) groups is 2. The van der Waals surface area contributed by atoms with Crippen LogP contribution in [0.3, 0.4) is 0 Å². The smallest absolute Gasteiger partial charge is 0.242 e. The van der Waals surface area contributed by atoms with Crippen molar-refractivity contribution >= 4 is 23.4 Å². The lowest BCUT2D eigenvalue weighted by molar-refractivity contribution is -0.150. The van der Waals surface area contributed by atoms with Crippen LogP contribution < -0.4 is 0 Å². The summed E-state index contributed by atoms with van der Waals surface area (Å²) >= 11 is 6.20. The number of benzene rings is 2. The molecule has 0 radical (unpaired) electrons. The van der Waals surface area contributed by atoms with Gasteiger partial charge in [0.05, 0.1) is 18.0 Å². The molecule has 28 heavy (non-hydrogen) atoms. The Morgan fingerprint density at radius 2 is 1.96 bits per heavy atom. The van der Waals surface area contributed by atoms with E-state index in [1.165, 1.54) is 11.6 Å². The summed E-state index contributed by atoms with van der Waals surface area (Å²) in [5.41, 5.74) is 1.81. The van der Waals surface area contributed by atoms with Crippen molar-refractivity contribution in [2.24, 2.45) is 0 Å². The molecule has 4 nitrogen and oxygen atoms in total. The van der Waals surface area contributed by atoms with Crippen LogP contribution in [0.4, 0.5) is 4.39 Å². The van der Waals surface area contributed by atoms with Gasteiger partial charge in [0.15, 0.2) is 0 Å². The first-order chi connectivity index (χ1) is 13.5. The zero-order chi connectivity index (χ0) is 19.5. The van der Waals surface area contributed by atoms with Crippen LogP contribution in [0.5, 0.6) is 0 Å². The molecule has 2 aromatic carbocycles. The predicted molar refractivity (Wildman–Crippen MR) is 104 cm³/mol. The highest BCUT2D eigenvalue weighted by Crippen LogP contribution is 2.51. The highest BCUT2D eigenvalue weighted by Gasteiger charge is 2.55. The van der Waals surface area contributed by atoms with Crippen LogP contribution in [-0.4, -0.2) is 41.2 Å². The lowest BCUT2D eigenvalue weighted by Gasteiger charge is -2.45. The van der Waals surface area contributed by atoms with Crippen molar-refractivity contribution in [1.29, 1.82) is 0 Å². The Labute approximate surface area is 167 Å². The average Bonchev–Trinajstić information content (AvgIpc) is 3.49. The molecule has 1 saturated heterocycles. The summed E-state index contributed by atoms with van der Waals surface area (Å²) < 4.78 is 14.4. The third-order valence-electron chi connectivity index (χ3n) is 6.34. The maximum absolute atomic E-state index is 14.4. The van der Waals surface area contributed by atoms with Gasteiger partial charge in [0.2, 0.25) is 11.8 Å². The van der Waals surface area contributed by atoms with Gasteiger partial charge in [0, 0.05) is 23.7 Å². The Bertz CT molecular complexity index is 988. The van der Waals surface area contributed by atoms with E-state index in [0.29, 0.717) is 36.5 Å². The molecule has 2 heterocycles. The van der Waals surface area contributed by atoms with E-state index in [9.17, 15) is 14.0 Å². The molecular formula is C22H20ClFN2O2. The number of halogens is 2. The molecule has 0 bridgehead atoms. The molecule has 2 amide bonds. The van der Waals surface area contributed by atoms with Crippen LogP contribution >= 0.6 is 11.6 Å². The molecule has 2 aromatic rings. The van der Waals surface area contributed by atoms with Gasteiger partial charge in [0.1, 0.15) is 5.82 Å². The molecule has 1 saturated carbocycles. The van der Waals surface area contributed by atoms with Gasteiger partial charge < -0.3 is 9.80 Å². The zero-order valence-electron chi connectivity index (χ0n) is 15.3. The lowest BCUT2D eigenvalue weighted by Crippen LogP contribution is -2.57. The fraction of sp³-hybridized carbons (Fsp3) is 0.364. The molecule has 2 aliphatic heterocycles. The van der Waals surface area contributed by atoms with E-state index in [1.807, 2.05) is 23.1 Å².